The number of fused-ring (bicyclic) bond motifs is 3. The molecule has 0 N–H and O–H groups in total. The van der Waals surface area contributed by atoms with E-state index in [1.165, 1.54) is 11.1 Å². The third-order valence-electron chi connectivity index (χ3n) is 4.08. The van der Waals surface area contributed by atoms with Gasteiger partial charge in [-0.25, -0.2) is 0 Å². The molecule has 0 fully saturated rings. The number of para-hydroxylation sites is 1. The standard InChI is InChI=1S/C20H16O2/c1-21-15-12-10-14(11-13-15)20-18-8-3-2-6-16(18)17-7-4-5-9-19(17)22-20/h2-13,20H,1H3/t20-/m1/s1. The van der Waals surface area contributed by atoms with Gasteiger partial charge in [-0.3, -0.25) is 0 Å². The normalized spacial score (nSPS) is 15.4. The molecule has 0 radical (unpaired) electrons. The minimum absolute atomic E-state index is 0.0861. The molecular formula is C20H16O2. The average molecular weight is 288 g/mol. The Bertz CT molecular complexity index is 806. The topological polar surface area (TPSA) is 18.5 Å². The predicted molar refractivity (Wildman–Crippen MR) is 87.3 cm³/mol. The van der Waals surface area contributed by atoms with Crippen LogP contribution in [0.5, 0.6) is 11.5 Å². The first-order chi connectivity index (χ1) is 10.9. The number of ether oxygens (including phenoxy) is 2. The predicted octanol–water partition coefficient (Wildman–Crippen LogP) is 4.84. The zero-order chi connectivity index (χ0) is 14.9. The Balaban J connectivity index is 1.85. The van der Waals surface area contributed by atoms with Gasteiger partial charge in [0.05, 0.1) is 7.11 Å². The van der Waals surface area contributed by atoms with Crippen molar-refractivity contribution < 1.29 is 9.47 Å². The Morgan fingerprint density at radius 2 is 1.45 bits per heavy atom. The summed E-state index contributed by atoms with van der Waals surface area (Å²) in [7, 11) is 1.68. The average Bonchev–Trinajstić information content (AvgIpc) is 2.61. The van der Waals surface area contributed by atoms with Crippen LogP contribution < -0.4 is 9.47 Å². The Hall–Kier alpha value is -2.74. The fraction of sp³-hybridized carbons (Fsp3) is 0.100. The summed E-state index contributed by atoms with van der Waals surface area (Å²) in [5.74, 6) is 1.79. The van der Waals surface area contributed by atoms with Crippen LogP contribution in [0.15, 0.2) is 72.8 Å². The molecule has 0 saturated heterocycles. The van der Waals surface area contributed by atoms with Crippen LogP contribution in [-0.2, 0) is 0 Å². The van der Waals surface area contributed by atoms with E-state index >= 15 is 0 Å². The van der Waals surface area contributed by atoms with Crippen LogP contribution in [0.4, 0.5) is 0 Å². The van der Waals surface area contributed by atoms with Gasteiger partial charge in [-0.2, -0.15) is 0 Å². The lowest BCUT2D eigenvalue weighted by Gasteiger charge is -2.29. The number of methoxy groups -OCH3 is 1. The van der Waals surface area contributed by atoms with Crippen molar-refractivity contribution in [3.63, 3.8) is 0 Å². The van der Waals surface area contributed by atoms with Gasteiger partial charge >= 0.3 is 0 Å². The fourth-order valence-electron chi connectivity index (χ4n) is 2.98. The molecule has 0 aliphatic carbocycles. The van der Waals surface area contributed by atoms with Gasteiger partial charge in [0.1, 0.15) is 17.6 Å². The molecule has 1 aliphatic heterocycles. The van der Waals surface area contributed by atoms with Gasteiger partial charge in [0.25, 0.3) is 0 Å². The highest BCUT2D eigenvalue weighted by Gasteiger charge is 2.26. The molecule has 3 aromatic carbocycles. The molecule has 0 saturated carbocycles. The van der Waals surface area contributed by atoms with Crippen LogP contribution in [0.1, 0.15) is 17.2 Å². The van der Waals surface area contributed by atoms with E-state index in [0.717, 1.165) is 22.6 Å². The first-order valence-electron chi connectivity index (χ1n) is 7.36. The summed E-state index contributed by atoms with van der Waals surface area (Å²) in [6.07, 6.45) is -0.0861. The van der Waals surface area contributed by atoms with Crippen molar-refractivity contribution >= 4 is 0 Å². The molecule has 4 rings (SSSR count). The quantitative estimate of drug-likeness (QED) is 0.671. The van der Waals surface area contributed by atoms with E-state index in [2.05, 4.69) is 42.5 Å². The summed E-state index contributed by atoms with van der Waals surface area (Å²) >= 11 is 0. The monoisotopic (exact) mass is 288 g/mol. The maximum Gasteiger partial charge on any atom is 0.149 e. The summed E-state index contributed by atoms with van der Waals surface area (Å²) in [6.45, 7) is 0. The van der Waals surface area contributed by atoms with Crippen LogP contribution in [0, 0.1) is 0 Å². The Morgan fingerprint density at radius 1 is 0.773 bits per heavy atom. The number of hydrogen-bond acceptors (Lipinski definition) is 2. The lowest BCUT2D eigenvalue weighted by atomic mass is 9.90. The molecule has 2 heteroatoms. The highest BCUT2D eigenvalue weighted by Crippen LogP contribution is 2.44. The zero-order valence-electron chi connectivity index (χ0n) is 12.3. The lowest BCUT2D eigenvalue weighted by molar-refractivity contribution is 0.243. The maximum absolute atomic E-state index is 6.28. The molecule has 22 heavy (non-hydrogen) atoms. The first kappa shape index (κ1) is 13.0. The molecule has 1 heterocycles. The molecule has 0 spiro atoms. The zero-order valence-corrected chi connectivity index (χ0v) is 12.3. The second-order valence-electron chi connectivity index (χ2n) is 5.35. The van der Waals surface area contributed by atoms with E-state index in [9.17, 15) is 0 Å². The lowest BCUT2D eigenvalue weighted by Crippen LogP contribution is -2.15. The third-order valence-corrected chi connectivity index (χ3v) is 4.08. The van der Waals surface area contributed by atoms with E-state index in [4.69, 9.17) is 9.47 Å². The fourth-order valence-corrected chi connectivity index (χ4v) is 2.98. The van der Waals surface area contributed by atoms with Crippen molar-refractivity contribution in [2.75, 3.05) is 7.11 Å². The smallest absolute Gasteiger partial charge is 0.149 e. The first-order valence-corrected chi connectivity index (χ1v) is 7.36. The van der Waals surface area contributed by atoms with E-state index in [1.54, 1.807) is 7.11 Å². The van der Waals surface area contributed by atoms with E-state index in [1.807, 2.05) is 30.3 Å². The van der Waals surface area contributed by atoms with Gasteiger partial charge in [0.15, 0.2) is 0 Å². The molecular weight excluding hydrogens is 272 g/mol. The van der Waals surface area contributed by atoms with Crippen molar-refractivity contribution in [1.29, 1.82) is 0 Å². The highest BCUT2D eigenvalue weighted by atomic mass is 16.5. The summed E-state index contributed by atoms with van der Waals surface area (Å²) in [6, 6.07) is 24.7. The Kier molecular flexibility index (Phi) is 3.08. The third kappa shape index (κ3) is 2.04. The molecule has 0 unspecified atom stereocenters. The molecule has 1 aliphatic rings. The summed E-state index contributed by atoms with van der Waals surface area (Å²) < 4.78 is 11.5. The van der Waals surface area contributed by atoms with Crippen molar-refractivity contribution in [1.82, 2.24) is 0 Å². The minimum atomic E-state index is -0.0861. The largest absolute Gasteiger partial charge is 0.497 e. The summed E-state index contributed by atoms with van der Waals surface area (Å²) in [5, 5.41) is 0. The van der Waals surface area contributed by atoms with Gasteiger partial charge in [-0.15, -0.1) is 0 Å². The summed E-state index contributed by atoms with van der Waals surface area (Å²) in [4.78, 5) is 0. The van der Waals surface area contributed by atoms with Gasteiger partial charge in [-0.1, -0.05) is 54.6 Å². The molecule has 108 valence electrons. The van der Waals surface area contributed by atoms with Crippen LogP contribution in [0.3, 0.4) is 0 Å². The Morgan fingerprint density at radius 3 is 2.23 bits per heavy atom. The van der Waals surface area contributed by atoms with Crippen molar-refractivity contribution in [2.24, 2.45) is 0 Å². The minimum Gasteiger partial charge on any atom is -0.497 e. The SMILES string of the molecule is COc1ccc([C@H]2Oc3ccccc3-c3ccccc32)cc1. The van der Waals surface area contributed by atoms with Crippen molar-refractivity contribution in [3.8, 4) is 22.6 Å². The maximum atomic E-state index is 6.28. The highest BCUT2D eigenvalue weighted by molar-refractivity contribution is 5.76. The van der Waals surface area contributed by atoms with Crippen LogP contribution in [0.2, 0.25) is 0 Å². The second-order valence-corrected chi connectivity index (χ2v) is 5.35. The van der Waals surface area contributed by atoms with E-state index in [0.29, 0.717) is 0 Å². The van der Waals surface area contributed by atoms with Crippen LogP contribution >= 0.6 is 0 Å². The summed E-state index contributed by atoms with van der Waals surface area (Å²) in [5.41, 5.74) is 4.72. The second kappa shape index (κ2) is 5.23. The molecule has 1 atom stereocenters. The van der Waals surface area contributed by atoms with Crippen molar-refractivity contribution in [3.05, 3.63) is 83.9 Å². The van der Waals surface area contributed by atoms with Crippen LogP contribution in [-0.4, -0.2) is 7.11 Å². The number of hydrogen-bond donors (Lipinski definition) is 0. The molecule has 0 bridgehead atoms. The van der Waals surface area contributed by atoms with Gasteiger partial charge < -0.3 is 9.47 Å². The van der Waals surface area contributed by atoms with Gasteiger partial charge in [0.2, 0.25) is 0 Å². The van der Waals surface area contributed by atoms with Crippen LogP contribution in [0.25, 0.3) is 11.1 Å². The number of benzene rings is 3. The van der Waals surface area contributed by atoms with E-state index in [-0.39, 0.29) is 6.10 Å². The van der Waals surface area contributed by atoms with Gasteiger partial charge in [0, 0.05) is 11.1 Å². The molecule has 0 amide bonds. The molecule has 0 aromatic heterocycles. The van der Waals surface area contributed by atoms with Crippen molar-refractivity contribution in [2.45, 2.75) is 6.10 Å². The molecule has 2 nitrogen and oxygen atoms in total. The van der Waals surface area contributed by atoms with Gasteiger partial charge in [-0.05, 0) is 29.3 Å². The molecule has 3 aromatic rings. The van der Waals surface area contributed by atoms with E-state index < -0.39 is 0 Å². The Labute approximate surface area is 129 Å². The number of rotatable bonds is 2.